The molecule has 0 fully saturated rings. The molecule has 0 aromatic carbocycles. The van der Waals surface area contributed by atoms with Crippen LogP contribution in [0.5, 0.6) is 0 Å². The average molecular weight is 315 g/mol. The first-order valence-electron chi connectivity index (χ1n) is 6.65. The van der Waals surface area contributed by atoms with Crippen LogP contribution in [0.15, 0.2) is 48.9 Å². The first kappa shape index (κ1) is 14.8. The highest BCUT2D eigenvalue weighted by atomic mass is 19.3. The van der Waals surface area contributed by atoms with Crippen molar-refractivity contribution in [1.82, 2.24) is 20.2 Å². The zero-order valence-corrected chi connectivity index (χ0v) is 11.7. The van der Waals surface area contributed by atoms with Crippen molar-refractivity contribution in [3.05, 3.63) is 60.2 Å². The summed E-state index contributed by atoms with van der Waals surface area (Å²) in [5, 5.41) is 9.30. The third kappa shape index (κ3) is 3.20. The maximum absolute atomic E-state index is 12.5. The molecule has 3 heterocycles. The number of pyridine rings is 2. The predicted octanol–water partition coefficient (Wildman–Crippen LogP) is 3.06. The Kier molecular flexibility index (Phi) is 4.05. The minimum Gasteiger partial charge on any atom is -0.319 e. The molecule has 2 N–H and O–H groups in total. The van der Waals surface area contributed by atoms with Crippen LogP contribution >= 0.6 is 0 Å². The van der Waals surface area contributed by atoms with E-state index >= 15 is 0 Å². The van der Waals surface area contributed by atoms with Crippen molar-refractivity contribution in [3.63, 3.8) is 0 Å². The van der Waals surface area contributed by atoms with Gasteiger partial charge in [0.15, 0.2) is 0 Å². The molecule has 3 aromatic heterocycles. The first-order valence-corrected chi connectivity index (χ1v) is 6.65. The molecule has 3 rings (SSSR count). The highest BCUT2D eigenvalue weighted by Gasteiger charge is 2.14. The molecule has 1 amide bonds. The number of nitrogens with zero attached hydrogens (tertiary/aromatic N) is 3. The number of halogens is 2. The molecular weight excluding hydrogens is 304 g/mol. The van der Waals surface area contributed by atoms with E-state index in [1.165, 1.54) is 12.3 Å². The van der Waals surface area contributed by atoms with Gasteiger partial charge in [0.1, 0.15) is 11.4 Å². The molecule has 0 aliphatic carbocycles. The summed E-state index contributed by atoms with van der Waals surface area (Å²) in [6.45, 7) is 0. The number of aromatic amines is 1. The Morgan fingerprint density at radius 1 is 1.13 bits per heavy atom. The zero-order valence-electron chi connectivity index (χ0n) is 11.7. The van der Waals surface area contributed by atoms with Gasteiger partial charge in [0.05, 0.1) is 23.1 Å². The summed E-state index contributed by atoms with van der Waals surface area (Å²) in [7, 11) is 0. The van der Waals surface area contributed by atoms with Gasteiger partial charge in [-0.3, -0.25) is 19.9 Å². The topological polar surface area (TPSA) is 83.6 Å². The van der Waals surface area contributed by atoms with E-state index in [0.717, 1.165) is 12.3 Å². The number of amides is 1. The van der Waals surface area contributed by atoms with Crippen LogP contribution < -0.4 is 5.32 Å². The van der Waals surface area contributed by atoms with Crippen molar-refractivity contribution in [2.24, 2.45) is 0 Å². The summed E-state index contributed by atoms with van der Waals surface area (Å²) in [5.41, 5.74) is 1.40. The van der Waals surface area contributed by atoms with Gasteiger partial charge in [-0.1, -0.05) is 6.07 Å². The summed E-state index contributed by atoms with van der Waals surface area (Å²) >= 11 is 0. The van der Waals surface area contributed by atoms with Crippen LogP contribution in [-0.2, 0) is 0 Å². The monoisotopic (exact) mass is 315 g/mol. The number of hydrogen-bond donors (Lipinski definition) is 2. The van der Waals surface area contributed by atoms with E-state index in [9.17, 15) is 13.6 Å². The first-order chi connectivity index (χ1) is 11.1. The molecule has 0 saturated heterocycles. The summed E-state index contributed by atoms with van der Waals surface area (Å²) in [5.74, 6) is -0.475. The molecule has 8 heteroatoms. The van der Waals surface area contributed by atoms with Gasteiger partial charge in [-0.2, -0.15) is 5.10 Å². The Balaban J connectivity index is 1.80. The standard InChI is InChI=1S/C15H11F2N5O/c16-14(17)11-5-4-9(7-19-11)15(23)21-12-8-20-22-13(12)10-3-1-2-6-18-10/h1-8,14H,(H,20,22)(H,21,23). The molecule has 0 aliphatic heterocycles. The van der Waals surface area contributed by atoms with Gasteiger partial charge < -0.3 is 5.32 Å². The van der Waals surface area contributed by atoms with Gasteiger partial charge in [0, 0.05) is 12.4 Å². The Bertz CT molecular complexity index is 802. The van der Waals surface area contributed by atoms with Crippen molar-refractivity contribution < 1.29 is 13.6 Å². The van der Waals surface area contributed by atoms with E-state index in [1.807, 2.05) is 6.07 Å². The summed E-state index contributed by atoms with van der Waals surface area (Å²) in [4.78, 5) is 19.9. The maximum atomic E-state index is 12.5. The Morgan fingerprint density at radius 2 is 2.00 bits per heavy atom. The predicted molar refractivity (Wildman–Crippen MR) is 79.0 cm³/mol. The number of carbonyl (C=O) groups is 1. The molecule has 6 nitrogen and oxygen atoms in total. The average Bonchev–Trinajstić information content (AvgIpc) is 3.04. The van der Waals surface area contributed by atoms with Crippen LogP contribution in [-0.4, -0.2) is 26.1 Å². The van der Waals surface area contributed by atoms with Gasteiger partial charge in [0.2, 0.25) is 0 Å². The number of carbonyl (C=O) groups excluding carboxylic acids is 1. The second-order valence-electron chi connectivity index (χ2n) is 4.60. The lowest BCUT2D eigenvalue weighted by atomic mass is 10.2. The molecule has 0 unspecified atom stereocenters. The largest absolute Gasteiger partial charge is 0.319 e. The second kappa shape index (κ2) is 6.30. The number of H-pyrrole nitrogens is 1. The van der Waals surface area contributed by atoms with Crippen molar-refractivity contribution in [2.45, 2.75) is 6.43 Å². The summed E-state index contributed by atoms with van der Waals surface area (Å²) in [6, 6.07) is 7.76. The lowest BCUT2D eigenvalue weighted by molar-refractivity contribution is 0.102. The molecule has 0 radical (unpaired) electrons. The van der Waals surface area contributed by atoms with E-state index in [-0.39, 0.29) is 11.3 Å². The molecule has 0 spiro atoms. The van der Waals surface area contributed by atoms with E-state index in [2.05, 4.69) is 25.5 Å². The van der Waals surface area contributed by atoms with Gasteiger partial charge >= 0.3 is 0 Å². The van der Waals surface area contributed by atoms with Crippen LogP contribution in [0, 0.1) is 0 Å². The van der Waals surface area contributed by atoms with Gasteiger partial charge in [-0.25, -0.2) is 8.78 Å². The summed E-state index contributed by atoms with van der Waals surface area (Å²) in [6.07, 6.45) is 1.51. The minimum absolute atomic E-state index is 0.169. The highest BCUT2D eigenvalue weighted by molar-refractivity contribution is 6.05. The molecule has 0 atom stereocenters. The van der Waals surface area contributed by atoms with Gasteiger partial charge in [-0.15, -0.1) is 0 Å². The number of rotatable bonds is 4. The second-order valence-corrected chi connectivity index (χ2v) is 4.60. The van der Waals surface area contributed by atoms with E-state index in [1.54, 1.807) is 18.3 Å². The third-order valence-electron chi connectivity index (χ3n) is 3.08. The van der Waals surface area contributed by atoms with Crippen molar-refractivity contribution >= 4 is 11.6 Å². The molecule has 3 aromatic rings. The van der Waals surface area contributed by atoms with Crippen LogP contribution in [0.4, 0.5) is 14.5 Å². The van der Waals surface area contributed by atoms with Crippen molar-refractivity contribution in [3.8, 4) is 11.4 Å². The molecule has 116 valence electrons. The fourth-order valence-corrected chi connectivity index (χ4v) is 1.95. The van der Waals surface area contributed by atoms with Crippen LogP contribution in [0.3, 0.4) is 0 Å². The molecule has 0 bridgehead atoms. The molecular formula is C15H11F2N5O. The number of aromatic nitrogens is 4. The number of nitrogens with one attached hydrogen (secondary N) is 2. The lowest BCUT2D eigenvalue weighted by Crippen LogP contribution is -2.12. The highest BCUT2D eigenvalue weighted by Crippen LogP contribution is 2.23. The van der Waals surface area contributed by atoms with Crippen molar-refractivity contribution in [2.75, 3.05) is 5.32 Å². The number of hydrogen-bond acceptors (Lipinski definition) is 4. The zero-order chi connectivity index (χ0) is 16.2. The molecule has 0 aliphatic rings. The Hall–Kier alpha value is -3.16. The SMILES string of the molecule is O=C(Nc1cn[nH]c1-c1ccccn1)c1ccc(C(F)F)nc1. The van der Waals surface area contributed by atoms with Crippen LogP contribution in [0.2, 0.25) is 0 Å². The molecule has 0 saturated carbocycles. The normalized spacial score (nSPS) is 10.7. The fraction of sp³-hybridized carbons (Fsp3) is 0.0667. The van der Waals surface area contributed by atoms with E-state index in [0.29, 0.717) is 17.1 Å². The van der Waals surface area contributed by atoms with E-state index < -0.39 is 12.3 Å². The van der Waals surface area contributed by atoms with Crippen molar-refractivity contribution in [1.29, 1.82) is 0 Å². The summed E-state index contributed by atoms with van der Waals surface area (Å²) < 4.78 is 24.9. The van der Waals surface area contributed by atoms with Gasteiger partial charge in [0.25, 0.3) is 12.3 Å². The quantitative estimate of drug-likeness (QED) is 0.775. The molecule has 23 heavy (non-hydrogen) atoms. The Labute approximate surface area is 129 Å². The number of alkyl halides is 2. The van der Waals surface area contributed by atoms with Gasteiger partial charge in [-0.05, 0) is 24.3 Å². The Morgan fingerprint density at radius 3 is 2.65 bits per heavy atom. The maximum Gasteiger partial charge on any atom is 0.280 e. The fourth-order valence-electron chi connectivity index (χ4n) is 1.95. The smallest absolute Gasteiger partial charge is 0.280 e. The third-order valence-corrected chi connectivity index (χ3v) is 3.08. The minimum atomic E-state index is -2.67. The van der Waals surface area contributed by atoms with Crippen LogP contribution in [0.1, 0.15) is 22.5 Å². The lowest BCUT2D eigenvalue weighted by Gasteiger charge is -2.06. The number of anilines is 1. The van der Waals surface area contributed by atoms with Crippen LogP contribution in [0.25, 0.3) is 11.4 Å². The van der Waals surface area contributed by atoms with E-state index in [4.69, 9.17) is 0 Å².